The summed E-state index contributed by atoms with van der Waals surface area (Å²) in [6.07, 6.45) is 0. The Hall–Kier alpha value is -3.52. The number of carbonyl (C=O) groups excluding carboxylic acids is 1. The van der Waals surface area contributed by atoms with Crippen molar-refractivity contribution in [3.05, 3.63) is 94.3 Å². The van der Waals surface area contributed by atoms with Crippen LogP contribution in [-0.2, 0) is 0 Å². The molecule has 0 aliphatic rings. The third-order valence-electron chi connectivity index (χ3n) is 4.64. The van der Waals surface area contributed by atoms with E-state index in [0.717, 1.165) is 23.9 Å². The number of carbonyl (C=O) groups is 1. The van der Waals surface area contributed by atoms with Crippen molar-refractivity contribution in [1.82, 2.24) is 9.55 Å². The minimum atomic E-state index is -1.09. The Morgan fingerprint density at radius 2 is 1.77 bits per heavy atom. The van der Waals surface area contributed by atoms with Crippen LogP contribution in [0.15, 0.2) is 76.7 Å². The van der Waals surface area contributed by atoms with Gasteiger partial charge in [0.05, 0.1) is 29.5 Å². The van der Waals surface area contributed by atoms with Gasteiger partial charge in [0, 0.05) is 5.56 Å². The van der Waals surface area contributed by atoms with Crippen molar-refractivity contribution in [1.29, 1.82) is 0 Å². The van der Waals surface area contributed by atoms with Gasteiger partial charge in [-0.25, -0.2) is 13.8 Å². The Morgan fingerprint density at radius 3 is 2.55 bits per heavy atom. The number of hydrogen-bond donors (Lipinski definition) is 0. The van der Waals surface area contributed by atoms with Crippen LogP contribution < -0.4 is 10.3 Å². The number of fused-ring (bicyclic) bond motifs is 1. The molecular formula is C23H16F2N2O3S. The van der Waals surface area contributed by atoms with Gasteiger partial charge in [-0.3, -0.25) is 14.2 Å². The van der Waals surface area contributed by atoms with Gasteiger partial charge in [-0.1, -0.05) is 36.0 Å². The molecule has 0 saturated heterocycles. The fraction of sp³-hybridized carbons (Fsp3) is 0.0870. The van der Waals surface area contributed by atoms with E-state index >= 15 is 0 Å². The van der Waals surface area contributed by atoms with Crippen molar-refractivity contribution in [2.24, 2.45) is 0 Å². The molecule has 0 atom stereocenters. The minimum absolute atomic E-state index is 0.0402. The number of ketones is 1. The van der Waals surface area contributed by atoms with E-state index in [-0.39, 0.29) is 22.0 Å². The molecule has 0 saturated carbocycles. The highest BCUT2D eigenvalue weighted by atomic mass is 32.2. The number of hydrogen-bond acceptors (Lipinski definition) is 5. The Balaban J connectivity index is 1.78. The second kappa shape index (κ2) is 8.69. The van der Waals surface area contributed by atoms with Crippen molar-refractivity contribution in [3.63, 3.8) is 0 Å². The first-order chi connectivity index (χ1) is 15.0. The predicted molar refractivity (Wildman–Crippen MR) is 115 cm³/mol. The zero-order valence-corrected chi connectivity index (χ0v) is 17.2. The van der Waals surface area contributed by atoms with Gasteiger partial charge in [-0.15, -0.1) is 0 Å². The standard InChI is InChI=1S/C23H16F2N2O3S/c1-30-21-9-5-4-8-19(21)27-22(29)15-6-2-3-7-18(15)26-23(27)31-13-20(28)14-10-11-16(24)17(25)12-14/h2-12H,13H2,1H3. The van der Waals surface area contributed by atoms with Gasteiger partial charge in [-0.05, 0) is 42.5 Å². The molecule has 5 nitrogen and oxygen atoms in total. The van der Waals surface area contributed by atoms with Gasteiger partial charge >= 0.3 is 0 Å². The van der Waals surface area contributed by atoms with E-state index in [9.17, 15) is 18.4 Å². The molecule has 0 spiro atoms. The number of thioether (sulfide) groups is 1. The van der Waals surface area contributed by atoms with E-state index in [2.05, 4.69) is 4.98 Å². The number of aromatic nitrogens is 2. The van der Waals surface area contributed by atoms with Crippen LogP contribution in [0.2, 0.25) is 0 Å². The number of Topliss-reactive ketones (excluding diaryl/α,β-unsaturated/α-hetero) is 1. The molecule has 31 heavy (non-hydrogen) atoms. The van der Waals surface area contributed by atoms with Gasteiger partial charge in [-0.2, -0.15) is 0 Å². The van der Waals surface area contributed by atoms with E-state index in [1.807, 2.05) is 0 Å². The normalized spacial score (nSPS) is 10.9. The monoisotopic (exact) mass is 438 g/mol. The molecule has 0 unspecified atom stereocenters. The SMILES string of the molecule is COc1ccccc1-n1c(SCC(=O)c2ccc(F)c(F)c2)nc2ccccc2c1=O. The summed E-state index contributed by atoms with van der Waals surface area (Å²) in [6.45, 7) is 0. The average molecular weight is 438 g/mol. The molecule has 4 rings (SSSR count). The summed E-state index contributed by atoms with van der Waals surface area (Å²) in [5.74, 6) is -2.19. The molecule has 0 bridgehead atoms. The summed E-state index contributed by atoms with van der Waals surface area (Å²) in [4.78, 5) is 30.4. The van der Waals surface area contributed by atoms with E-state index in [0.29, 0.717) is 22.3 Å². The van der Waals surface area contributed by atoms with Crippen LogP contribution in [0.3, 0.4) is 0 Å². The highest BCUT2D eigenvalue weighted by Gasteiger charge is 2.18. The Labute approximate surface area is 180 Å². The average Bonchev–Trinajstić information content (AvgIpc) is 2.79. The lowest BCUT2D eigenvalue weighted by atomic mass is 10.1. The van der Waals surface area contributed by atoms with E-state index in [4.69, 9.17) is 4.74 Å². The number of benzene rings is 3. The van der Waals surface area contributed by atoms with Crippen LogP contribution in [0.5, 0.6) is 5.75 Å². The molecule has 1 aromatic heterocycles. The predicted octanol–water partition coefficient (Wildman–Crippen LogP) is 4.65. The molecule has 156 valence electrons. The number of halogens is 2. The molecule has 0 fully saturated rings. The van der Waals surface area contributed by atoms with Crippen LogP contribution in [0.25, 0.3) is 16.6 Å². The molecule has 1 heterocycles. The second-order valence-corrected chi connectivity index (χ2v) is 7.51. The third-order valence-corrected chi connectivity index (χ3v) is 5.58. The zero-order chi connectivity index (χ0) is 22.0. The fourth-order valence-corrected chi connectivity index (χ4v) is 4.02. The molecule has 4 aromatic rings. The molecule has 0 radical (unpaired) electrons. The van der Waals surface area contributed by atoms with Crippen LogP contribution in [0, 0.1) is 11.6 Å². The molecule has 0 aliphatic heterocycles. The van der Waals surface area contributed by atoms with Crippen LogP contribution in [0.4, 0.5) is 8.78 Å². The van der Waals surface area contributed by atoms with Crippen molar-refractivity contribution in [3.8, 4) is 11.4 Å². The summed E-state index contributed by atoms with van der Waals surface area (Å²) in [5.41, 5.74) is 0.703. The second-order valence-electron chi connectivity index (χ2n) is 6.56. The third kappa shape index (κ3) is 4.06. The van der Waals surface area contributed by atoms with Gasteiger partial charge in [0.1, 0.15) is 5.75 Å². The fourth-order valence-electron chi connectivity index (χ4n) is 3.12. The highest BCUT2D eigenvalue weighted by molar-refractivity contribution is 7.99. The lowest BCUT2D eigenvalue weighted by Gasteiger charge is -2.15. The van der Waals surface area contributed by atoms with Crippen LogP contribution in [0.1, 0.15) is 10.4 Å². The number of para-hydroxylation sites is 3. The molecule has 3 aromatic carbocycles. The first-order valence-electron chi connectivity index (χ1n) is 9.26. The maximum absolute atomic E-state index is 13.5. The number of rotatable bonds is 6. The maximum Gasteiger partial charge on any atom is 0.266 e. The zero-order valence-electron chi connectivity index (χ0n) is 16.3. The lowest BCUT2D eigenvalue weighted by molar-refractivity contribution is 0.102. The number of ether oxygens (including phenoxy) is 1. The van der Waals surface area contributed by atoms with E-state index in [1.54, 1.807) is 48.5 Å². The highest BCUT2D eigenvalue weighted by Crippen LogP contribution is 2.27. The Morgan fingerprint density at radius 1 is 1.03 bits per heavy atom. The Bertz CT molecular complexity index is 1350. The van der Waals surface area contributed by atoms with Crippen LogP contribution in [-0.4, -0.2) is 28.2 Å². The van der Waals surface area contributed by atoms with Gasteiger partial charge in [0.2, 0.25) is 0 Å². The summed E-state index contributed by atoms with van der Waals surface area (Å²) in [6, 6.07) is 16.9. The largest absolute Gasteiger partial charge is 0.495 e. The Kier molecular flexibility index (Phi) is 5.81. The van der Waals surface area contributed by atoms with E-state index < -0.39 is 17.4 Å². The first-order valence-corrected chi connectivity index (χ1v) is 10.2. The number of methoxy groups -OCH3 is 1. The van der Waals surface area contributed by atoms with Crippen molar-refractivity contribution in [2.75, 3.05) is 12.9 Å². The van der Waals surface area contributed by atoms with Crippen molar-refractivity contribution in [2.45, 2.75) is 5.16 Å². The smallest absolute Gasteiger partial charge is 0.266 e. The van der Waals surface area contributed by atoms with Crippen LogP contribution >= 0.6 is 11.8 Å². The maximum atomic E-state index is 13.5. The summed E-state index contributed by atoms with van der Waals surface area (Å²) < 4.78 is 33.5. The van der Waals surface area contributed by atoms with Gasteiger partial charge < -0.3 is 4.74 Å². The molecule has 0 N–H and O–H groups in total. The van der Waals surface area contributed by atoms with Crippen molar-refractivity contribution >= 4 is 28.4 Å². The first kappa shape index (κ1) is 20.7. The topological polar surface area (TPSA) is 61.2 Å². The quantitative estimate of drug-likeness (QED) is 0.249. The lowest BCUT2D eigenvalue weighted by Crippen LogP contribution is -2.22. The van der Waals surface area contributed by atoms with Gasteiger partial charge in [0.25, 0.3) is 5.56 Å². The van der Waals surface area contributed by atoms with Gasteiger partial charge in [0.15, 0.2) is 22.6 Å². The molecule has 8 heteroatoms. The van der Waals surface area contributed by atoms with Crippen molar-refractivity contribution < 1.29 is 18.3 Å². The summed E-state index contributed by atoms with van der Waals surface area (Å²) >= 11 is 1.03. The minimum Gasteiger partial charge on any atom is -0.495 e. The van der Waals surface area contributed by atoms with E-state index in [1.165, 1.54) is 17.7 Å². The molecule has 0 amide bonds. The molecule has 0 aliphatic carbocycles. The number of nitrogens with zero attached hydrogens (tertiary/aromatic N) is 2. The molecular weight excluding hydrogens is 422 g/mol. The summed E-state index contributed by atoms with van der Waals surface area (Å²) in [5, 5.41) is 0.703. The summed E-state index contributed by atoms with van der Waals surface area (Å²) in [7, 11) is 1.50.